The third kappa shape index (κ3) is 12.2. The Morgan fingerprint density at radius 3 is 1.45 bits per heavy atom. The largest absolute Gasteiger partial charge is 0.460 e. The van der Waals surface area contributed by atoms with E-state index in [2.05, 4.69) is 392 Å². The van der Waals surface area contributed by atoms with E-state index in [4.69, 9.17) is 13.3 Å². The van der Waals surface area contributed by atoms with Gasteiger partial charge in [-0.05, 0) is 282 Å². The summed E-state index contributed by atoms with van der Waals surface area (Å²) in [6.07, 6.45) is 6.23. The van der Waals surface area contributed by atoms with Gasteiger partial charge in [0.15, 0.2) is 5.88 Å². The van der Waals surface area contributed by atoms with Crippen LogP contribution >= 0.6 is 11.3 Å². The highest BCUT2D eigenvalue weighted by molar-refractivity contribution is 7.26. The van der Waals surface area contributed by atoms with Gasteiger partial charge in [0, 0.05) is 98.6 Å². The first-order chi connectivity index (χ1) is 58.0. The molecule has 0 N–H and O–H groups in total. The summed E-state index contributed by atoms with van der Waals surface area (Å²) in [6, 6.07) is 80.8. The molecule has 21 rings (SSSR count). The summed E-state index contributed by atoms with van der Waals surface area (Å²) in [5.74, 6) is 4.09. The fourth-order valence-corrected chi connectivity index (χ4v) is 23.5. The predicted octanol–water partition coefficient (Wildman–Crippen LogP) is 28.5. The number of thiophene rings is 1. The van der Waals surface area contributed by atoms with Crippen LogP contribution in [-0.4, -0.2) is 13.4 Å². The lowest BCUT2D eigenvalue weighted by molar-refractivity contribution is 0.280. The lowest BCUT2D eigenvalue weighted by atomic mass is 9.32. The van der Waals surface area contributed by atoms with Crippen LogP contribution in [0.2, 0.25) is 0 Å². The van der Waals surface area contributed by atoms with Crippen LogP contribution in [0.3, 0.4) is 0 Å². The minimum absolute atomic E-state index is 0.00687. The molecule has 0 bridgehead atoms. The molecule has 15 aromatic rings. The third-order valence-corrected chi connectivity index (χ3v) is 31.3. The highest BCUT2D eigenvalue weighted by Crippen LogP contribution is 2.58. The molecule has 0 atom stereocenters. The number of nitrogens with zero attached hydrogens (tertiary/aromatic N) is 4. The summed E-state index contributed by atoms with van der Waals surface area (Å²) in [4.78, 5) is 10.3. The van der Waals surface area contributed by atoms with E-state index < -0.39 is 0 Å². The van der Waals surface area contributed by atoms with Gasteiger partial charge in [0.1, 0.15) is 22.7 Å². The fourth-order valence-electron chi connectivity index (χ4n) is 22.4. The van der Waals surface area contributed by atoms with Crippen molar-refractivity contribution in [1.82, 2.24) is 0 Å². The van der Waals surface area contributed by atoms with Crippen LogP contribution in [-0.2, 0) is 48.7 Å². The Morgan fingerprint density at radius 2 is 0.805 bits per heavy atom. The van der Waals surface area contributed by atoms with Gasteiger partial charge in [0.05, 0.1) is 5.69 Å². The van der Waals surface area contributed by atoms with Crippen LogP contribution in [0.15, 0.2) is 220 Å². The second-order valence-electron chi connectivity index (χ2n) is 44.6. The molecule has 0 amide bonds. The van der Waals surface area contributed by atoms with Crippen molar-refractivity contribution in [2.45, 2.75) is 253 Å². The van der Waals surface area contributed by atoms with Crippen molar-refractivity contribution >= 4 is 168 Å². The molecule has 6 aliphatic rings. The average Bonchev–Trinajstić information content (AvgIpc) is 1.57. The van der Waals surface area contributed by atoms with Crippen molar-refractivity contribution in [3.63, 3.8) is 0 Å². The van der Waals surface area contributed by atoms with Crippen LogP contribution in [0.25, 0.3) is 53.2 Å². The molecule has 11 aromatic carbocycles. The van der Waals surface area contributed by atoms with E-state index in [0.29, 0.717) is 0 Å². The van der Waals surface area contributed by atoms with Gasteiger partial charge in [-0.1, -0.05) is 261 Å². The Hall–Kier alpha value is -10.7. The van der Waals surface area contributed by atoms with E-state index in [-0.39, 0.29) is 62.2 Å². The highest BCUT2D eigenvalue weighted by atomic mass is 32.1. The maximum atomic E-state index is 7.71. The average molecular weight is 1630 g/mol. The Bertz CT molecular complexity index is 6950. The first-order valence-corrected chi connectivity index (χ1v) is 46.2. The molecule has 8 heterocycles. The minimum Gasteiger partial charge on any atom is -0.460 e. The molecule has 0 fully saturated rings. The van der Waals surface area contributed by atoms with E-state index >= 15 is 0 Å². The highest BCUT2D eigenvalue weighted by Gasteiger charge is 2.55. The zero-order chi connectivity index (χ0) is 86.2. The van der Waals surface area contributed by atoms with E-state index in [0.717, 1.165) is 107 Å². The zero-order valence-electron chi connectivity index (χ0n) is 76.9. The van der Waals surface area contributed by atoms with Gasteiger partial charge >= 0.3 is 0 Å². The molecule has 0 radical (unpaired) electrons. The number of aryl methyl sites for hydroxylation is 3. The molecule has 7 nitrogen and oxygen atoms in total. The normalized spacial score (nSPS) is 16.7. The molecule has 0 spiro atoms. The van der Waals surface area contributed by atoms with E-state index in [1.165, 1.54) is 154 Å². The fraction of sp³-hybridized carbons (Fsp3) is 0.345. The zero-order valence-corrected chi connectivity index (χ0v) is 77.8. The summed E-state index contributed by atoms with van der Waals surface area (Å²) < 4.78 is 25.4. The van der Waals surface area contributed by atoms with Crippen LogP contribution in [0.4, 0.5) is 68.6 Å². The van der Waals surface area contributed by atoms with Gasteiger partial charge < -0.3 is 23.1 Å². The predicted molar refractivity (Wildman–Crippen MR) is 527 cm³/mol. The van der Waals surface area contributed by atoms with Crippen LogP contribution < -0.4 is 52.4 Å². The van der Waals surface area contributed by atoms with Crippen molar-refractivity contribution in [3.05, 3.63) is 273 Å². The molecular weight excluding hydrogens is 1510 g/mol. The number of anilines is 12. The standard InChI is InChI=1S/C113H118B2N4O3S/c1-65-54-87-98-88(55-65)117(76-41-34-70(35-42-76)105(4,5)6)104-100(96-102(122-104)113(23,24)53-51-111(96,19)20)115(98)82-63-92-80(95-101(120-92)112(21,22)52-50-110(95,17)18)62-85(82)116(87)75-43-36-71(37-44-75)108(13,14)48-49-109(15,16)74-40-47-84(67(3)57-74)119-90-59-69(68-30-26-25-27-31-68)58-89-99(90)114(97-78-45-38-73(107(10,11)12)60-91(78)121-103(97)119)81-61-79-77-32-28-29-33-93(77)123-94(79)64-86(81)118(89)83-46-39-72(56-66(83)2)106(7,8)9/h25-47,54-64H,48-53H2,1-24H3. The van der Waals surface area contributed by atoms with Crippen molar-refractivity contribution in [3.8, 4) is 11.1 Å². The van der Waals surface area contributed by atoms with Crippen LogP contribution in [0.1, 0.15) is 251 Å². The number of hydrogen-bond donors (Lipinski definition) is 0. The second kappa shape index (κ2) is 26.7. The second-order valence-corrected chi connectivity index (χ2v) is 45.7. The number of fused-ring (bicyclic) bond motifs is 18. The molecule has 2 aliphatic carbocycles. The van der Waals surface area contributed by atoms with Gasteiger partial charge in [0.25, 0.3) is 13.4 Å². The van der Waals surface area contributed by atoms with E-state index in [1.807, 2.05) is 11.3 Å². The quantitative estimate of drug-likeness (QED) is 0.126. The minimum atomic E-state index is -0.198. The molecule has 4 aliphatic heterocycles. The molecule has 0 saturated heterocycles. The Balaban J connectivity index is 0.675. The Labute approximate surface area is 734 Å². The number of rotatable bonds is 10. The summed E-state index contributed by atoms with van der Waals surface area (Å²) in [6.45, 7) is 56.8. The lowest BCUT2D eigenvalue weighted by Crippen LogP contribution is -2.62. The lowest BCUT2D eigenvalue weighted by Gasteiger charge is -2.44. The maximum Gasteiger partial charge on any atom is 0.257 e. The topological polar surface area (TPSA) is 52.4 Å². The monoisotopic (exact) mass is 1630 g/mol. The summed E-state index contributed by atoms with van der Waals surface area (Å²) in [7, 11) is 0. The van der Waals surface area contributed by atoms with E-state index in [1.54, 1.807) is 0 Å². The van der Waals surface area contributed by atoms with Crippen LogP contribution in [0, 0.1) is 20.8 Å². The maximum absolute atomic E-state index is 7.71. The SMILES string of the molecule is Cc1cc2c3c(c1)N(c1ccc(C(C)(C)C)cc1)c1oc4c(c1B3c1cc3oc5c(c3cc1N2c1ccc(C(C)(C)CCC(C)(C)c2ccc(N3c6cc(-c7ccccc7)cc7c6B(c6cc8c(cc6N7c6ccc(C(C)(C)C)cc6C)sc6ccccc68)c6c3oc3cc(C(C)(C)C)ccc63)c(C)c2)cc1)C(C)(C)CCC5(C)C)C(C)(C)CCC4(C)C. The van der Waals surface area contributed by atoms with Gasteiger partial charge in [0.2, 0.25) is 5.88 Å². The van der Waals surface area contributed by atoms with Crippen molar-refractivity contribution < 1.29 is 13.3 Å². The van der Waals surface area contributed by atoms with Gasteiger partial charge in [-0.2, -0.15) is 0 Å². The summed E-state index contributed by atoms with van der Waals surface area (Å²) in [5, 5.41) is 4.97. The van der Waals surface area contributed by atoms with E-state index in [9.17, 15) is 0 Å². The van der Waals surface area contributed by atoms with Gasteiger partial charge in [-0.15, -0.1) is 11.3 Å². The molecule has 0 saturated carbocycles. The van der Waals surface area contributed by atoms with Crippen molar-refractivity contribution in [2.75, 3.05) is 19.6 Å². The van der Waals surface area contributed by atoms with Crippen molar-refractivity contribution in [1.29, 1.82) is 0 Å². The summed E-state index contributed by atoms with van der Waals surface area (Å²) in [5.41, 5.74) is 35.5. The Morgan fingerprint density at radius 1 is 0.325 bits per heavy atom. The number of hydrogen-bond acceptors (Lipinski definition) is 8. The number of furan rings is 3. The first-order valence-electron chi connectivity index (χ1n) is 45.4. The van der Waals surface area contributed by atoms with Crippen LogP contribution in [0.5, 0.6) is 0 Å². The molecule has 10 heteroatoms. The molecule has 620 valence electrons. The molecule has 123 heavy (non-hydrogen) atoms. The smallest absolute Gasteiger partial charge is 0.257 e. The van der Waals surface area contributed by atoms with Gasteiger partial charge in [-0.3, -0.25) is 9.80 Å². The first kappa shape index (κ1) is 79.5. The third-order valence-electron chi connectivity index (χ3n) is 30.1. The number of benzene rings is 11. The van der Waals surface area contributed by atoms with Gasteiger partial charge in [-0.25, -0.2) is 0 Å². The summed E-state index contributed by atoms with van der Waals surface area (Å²) >= 11 is 1.90. The van der Waals surface area contributed by atoms with Crippen molar-refractivity contribution in [2.24, 2.45) is 0 Å². The Kier molecular flexibility index (Phi) is 17.3. The molecular formula is C113H118B2N4O3S. The molecule has 0 unspecified atom stereocenters. The molecule has 4 aromatic heterocycles.